The van der Waals surface area contributed by atoms with Gasteiger partial charge in [-0.3, -0.25) is 14.7 Å². The topological polar surface area (TPSA) is 45.2 Å². The minimum atomic E-state index is -0.272. The molecular weight excluding hydrogens is 226 g/mol. The molecule has 0 aliphatic heterocycles. The average molecular weight is 249 g/mol. The van der Waals surface area contributed by atoms with Crippen LogP contribution in [0.15, 0.2) is 24.5 Å². The standard InChI is InChI=1S/C14H23N3O/c1-11(2)7-9-16-14(18)13(17(3)4)12-6-5-8-15-10-12/h5-6,8,10-11,13H,7,9H2,1-4H3,(H,16,18). The first-order valence-corrected chi connectivity index (χ1v) is 6.36. The molecule has 0 fully saturated rings. The zero-order valence-corrected chi connectivity index (χ0v) is 11.7. The number of aromatic nitrogens is 1. The molecule has 0 aliphatic carbocycles. The Morgan fingerprint density at radius 3 is 2.67 bits per heavy atom. The van der Waals surface area contributed by atoms with Gasteiger partial charge >= 0.3 is 0 Å². The molecule has 4 heteroatoms. The molecule has 18 heavy (non-hydrogen) atoms. The monoisotopic (exact) mass is 249 g/mol. The van der Waals surface area contributed by atoms with E-state index >= 15 is 0 Å². The summed E-state index contributed by atoms with van der Waals surface area (Å²) < 4.78 is 0. The van der Waals surface area contributed by atoms with E-state index in [1.807, 2.05) is 31.1 Å². The molecule has 0 saturated heterocycles. The normalized spacial score (nSPS) is 12.8. The molecule has 1 amide bonds. The molecule has 0 spiro atoms. The second kappa shape index (κ2) is 7.11. The second-order valence-corrected chi connectivity index (χ2v) is 5.13. The maximum atomic E-state index is 12.2. The van der Waals surface area contributed by atoms with Crippen molar-refractivity contribution in [1.82, 2.24) is 15.2 Å². The number of rotatable bonds is 6. The first-order chi connectivity index (χ1) is 8.52. The second-order valence-electron chi connectivity index (χ2n) is 5.13. The number of carbonyl (C=O) groups excluding carboxylic acids is 1. The fourth-order valence-corrected chi connectivity index (χ4v) is 1.80. The van der Waals surface area contributed by atoms with Crippen LogP contribution in [0.1, 0.15) is 31.9 Å². The Morgan fingerprint density at radius 2 is 2.17 bits per heavy atom. The van der Waals surface area contributed by atoms with Gasteiger partial charge in [0.15, 0.2) is 0 Å². The molecule has 1 atom stereocenters. The Hall–Kier alpha value is -1.42. The molecule has 1 heterocycles. The van der Waals surface area contributed by atoms with Gasteiger partial charge < -0.3 is 5.32 Å². The molecule has 0 saturated carbocycles. The van der Waals surface area contributed by atoms with Crippen molar-refractivity contribution in [1.29, 1.82) is 0 Å². The Morgan fingerprint density at radius 1 is 1.44 bits per heavy atom. The fourth-order valence-electron chi connectivity index (χ4n) is 1.80. The predicted octanol–water partition coefficient (Wildman–Crippen LogP) is 1.85. The average Bonchev–Trinajstić information content (AvgIpc) is 2.29. The van der Waals surface area contributed by atoms with Crippen LogP contribution in [0.4, 0.5) is 0 Å². The predicted molar refractivity (Wildman–Crippen MR) is 73.1 cm³/mol. The first kappa shape index (κ1) is 14.6. The number of pyridine rings is 1. The van der Waals surface area contributed by atoms with Crippen LogP contribution in [0.3, 0.4) is 0 Å². The van der Waals surface area contributed by atoms with Crippen LogP contribution in [-0.2, 0) is 4.79 Å². The Labute approximate surface area is 109 Å². The highest BCUT2D eigenvalue weighted by atomic mass is 16.2. The van der Waals surface area contributed by atoms with Crippen molar-refractivity contribution in [2.75, 3.05) is 20.6 Å². The highest BCUT2D eigenvalue weighted by molar-refractivity contribution is 5.83. The van der Waals surface area contributed by atoms with Gasteiger partial charge in [0.05, 0.1) is 0 Å². The van der Waals surface area contributed by atoms with E-state index in [2.05, 4.69) is 24.1 Å². The van der Waals surface area contributed by atoms with Crippen molar-refractivity contribution in [3.05, 3.63) is 30.1 Å². The first-order valence-electron chi connectivity index (χ1n) is 6.36. The van der Waals surface area contributed by atoms with Gasteiger partial charge in [-0.05, 0) is 38.1 Å². The molecule has 1 aromatic heterocycles. The van der Waals surface area contributed by atoms with E-state index < -0.39 is 0 Å². The lowest BCUT2D eigenvalue weighted by molar-refractivity contribution is -0.125. The molecule has 0 radical (unpaired) electrons. The number of carbonyl (C=O) groups is 1. The molecule has 1 unspecified atom stereocenters. The molecule has 100 valence electrons. The van der Waals surface area contributed by atoms with Crippen LogP contribution in [0.5, 0.6) is 0 Å². The highest BCUT2D eigenvalue weighted by Crippen LogP contribution is 2.16. The number of amides is 1. The van der Waals surface area contributed by atoms with Crippen LogP contribution in [-0.4, -0.2) is 36.4 Å². The number of hydrogen-bond acceptors (Lipinski definition) is 3. The summed E-state index contributed by atoms with van der Waals surface area (Å²) >= 11 is 0. The largest absolute Gasteiger partial charge is 0.354 e. The van der Waals surface area contributed by atoms with Crippen molar-refractivity contribution in [2.24, 2.45) is 5.92 Å². The number of hydrogen-bond donors (Lipinski definition) is 1. The summed E-state index contributed by atoms with van der Waals surface area (Å²) in [6, 6.07) is 3.51. The Bertz CT molecular complexity index is 363. The van der Waals surface area contributed by atoms with Crippen LogP contribution in [0.25, 0.3) is 0 Å². The van der Waals surface area contributed by atoms with Gasteiger partial charge in [0.25, 0.3) is 0 Å². The summed E-state index contributed by atoms with van der Waals surface area (Å²) in [4.78, 5) is 18.2. The number of nitrogens with one attached hydrogen (secondary N) is 1. The van der Waals surface area contributed by atoms with Gasteiger partial charge in [-0.15, -0.1) is 0 Å². The molecule has 0 aromatic carbocycles. The minimum absolute atomic E-state index is 0.0358. The third-order valence-electron chi connectivity index (χ3n) is 2.79. The smallest absolute Gasteiger partial charge is 0.242 e. The molecule has 1 aromatic rings. The van der Waals surface area contributed by atoms with E-state index in [1.165, 1.54) is 0 Å². The quantitative estimate of drug-likeness (QED) is 0.837. The van der Waals surface area contributed by atoms with Crippen LogP contribution < -0.4 is 5.32 Å². The van der Waals surface area contributed by atoms with Crippen LogP contribution >= 0.6 is 0 Å². The van der Waals surface area contributed by atoms with E-state index in [0.29, 0.717) is 5.92 Å². The van der Waals surface area contributed by atoms with E-state index in [1.54, 1.807) is 12.4 Å². The van der Waals surface area contributed by atoms with Crippen molar-refractivity contribution in [2.45, 2.75) is 26.3 Å². The van der Waals surface area contributed by atoms with E-state index in [9.17, 15) is 4.79 Å². The van der Waals surface area contributed by atoms with Gasteiger partial charge in [0.1, 0.15) is 6.04 Å². The molecule has 1 N–H and O–H groups in total. The van der Waals surface area contributed by atoms with Gasteiger partial charge in [-0.2, -0.15) is 0 Å². The van der Waals surface area contributed by atoms with Crippen LogP contribution in [0, 0.1) is 5.92 Å². The minimum Gasteiger partial charge on any atom is -0.354 e. The molecule has 1 rings (SSSR count). The lowest BCUT2D eigenvalue weighted by Gasteiger charge is -2.23. The van der Waals surface area contributed by atoms with Gasteiger partial charge in [0.2, 0.25) is 5.91 Å². The maximum Gasteiger partial charge on any atom is 0.242 e. The van der Waals surface area contributed by atoms with Gasteiger partial charge in [-0.25, -0.2) is 0 Å². The highest BCUT2D eigenvalue weighted by Gasteiger charge is 2.22. The van der Waals surface area contributed by atoms with Gasteiger partial charge in [0, 0.05) is 18.9 Å². The lowest BCUT2D eigenvalue weighted by Crippen LogP contribution is -2.37. The summed E-state index contributed by atoms with van der Waals surface area (Å²) in [5.74, 6) is 0.634. The number of nitrogens with zero attached hydrogens (tertiary/aromatic N) is 2. The Balaban J connectivity index is 2.65. The Kier molecular flexibility index (Phi) is 5.78. The summed E-state index contributed by atoms with van der Waals surface area (Å²) in [5, 5.41) is 2.99. The fraction of sp³-hybridized carbons (Fsp3) is 0.571. The van der Waals surface area contributed by atoms with Gasteiger partial charge in [-0.1, -0.05) is 19.9 Å². The van der Waals surface area contributed by atoms with Crippen molar-refractivity contribution < 1.29 is 4.79 Å². The molecule has 4 nitrogen and oxygen atoms in total. The number of likely N-dealkylation sites (N-methyl/N-ethyl adjacent to an activating group) is 1. The summed E-state index contributed by atoms with van der Waals surface area (Å²) in [7, 11) is 3.80. The zero-order chi connectivity index (χ0) is 13.5. The van der Waals surface area contributed by atoms with E-state index in [0.717, 1.165) is 18.5 Å². The van der Waals surface area contributed by atoms with Crippen LogP contribution in [0.2, 0.25) is 0 Å². The molecular formula is C14H23N3O. The van der Waals surface area contributed by atoms with E-state index in [4.69, 9.17) is 0 Å². The summed E-state index contributed by atoms with van der Waals surface area (Å²) in [5.41, 5.74) is 0.921. The summed E-state index contributed by atoms with van der Waals surface area (Å²) in [6.45, 7) is 5.02. The van der Waals surface area contributed by atoms with Crippen molar-refractivity contribution >= 4 is 5.91 Å². The van der Waals surface area contributed by atoms with Crippen molar-refractivity contribution in [3.8, 4) is 0 Å². The molecule has 0 bridgehead atoms. The van der Waals surface area contributed by atoms with E-state index in [-0.39, 0.29) is 11.9 Å². The lowest BCUT2D eigenvalue weighted by atomic mass is 10.1. The third-order valence-corrected chi connectivity index (χ3v) is 2.79. The zero-order valence-electron chi connectivity index (χ0n) is 11.7. The summed E-state index contributed by atoms with van der Waals surface area (Å²) in [6.07, 6.45) is 4.46. The maximum absolute atomic E-state index is 12.2. The van der Waals surface area contributed by atoms with Crippen molar-refractivity contribution in [3.63, 3.8) is 0 Å². The third kappa shape index (κ3) is 4.45. The molecule has 0 aliphatic rings. The SMILES string of the molecule is CC(C)CCNC(=O)C(c1cccnc1)N(C)C.